The number of benzene rings is 1. The van der Waals surface area contributed by atoms with Gasteiger partial charge in [0.05, 0.1) is 5.69 Å². The number of hydrogen-bond acceptors (Lipinski definition) is 2. The highest BCUT2D eigenvalue weighted by molar-refractivity contribution is 6.14. The summed E-state index contributed by atoms with van der Waals surface area (Å²) in [6.07, 6.45) is 16.1. The van der Waals surface area contributed by atoms with Crippen LogP contribution in [-0.4, -0.2) is 11.8 Å². The van der Waals surface area contributed by atoms with Crippen LogP contribution in [0.25, 0.3) is 0 Å². The molecule has 1 atom stereocenters. The summed E-state index contributed by atoms with van der Waals surface area (Å²) in [5, 5.41) is 1.40. The van der Waals surface area contributed by atoms with Crippen molar-refractivity contribution < 1.29 is 9.59 Å². The molecule has 0 aromatic heterocycles. The summed E-state index contributed by atoms with van der Waals surface area (Å²) in [7, 11) is 0. The molecule has 4 nitrogen and oxygen atoms in total. The lowest BCUT2D eigenvalue weighted by Crippen LogP contribution is -2.35. The second kappa shape index (κ2) is 12.5. The summed E-state index contributed by atoms with van der Waals surface area (Å²) < 4.78 is 0. The Morgan fingerprint density at radius 3 is 1.85 bits per heavy atom. The molecular weight excluding hydrogens is 336 g/mol. The fourth-order valence-electron chi connectivity index (χ4n) is 3.72. The van der Waals surface area contributed by atoms with Crippen LogP contribution in [0.5, 0.6) is 0 Å². The molecule has 1 aliphatic heterocycles. The van der Waals surface area contributed by atoms with Crippen LogP contribution in [0, 0.1) is 5.92 Å². The third-order valence-corrected chi connectivity index (χ3v) is 5.42. The zero-order valence-electron chi connectivity index (χ0n) is 16.9. The van der Waals surface area contributed by atoms with Gasteiger partial charge in [-0.3, -0.25) is 15.0 Å². The van der Waals surface area contributed by atoms with Crippen molar-refractivity contribution in [3.8, 4) is 0 Å². The van der Waals surface area contributed by atoms with Gasteiger partial charge >= 0.3 is 0 Å². The van der Waals surface area contributed by atoms with Crippen LogP contribution in [0.1, 0.15) is 90.4 Å². The van der Waals surface area contributed by atoms with Crippen molar-refractivity contribution in [2.75, 3.05) is 5.01 Å². The Bertz CT molecular complexity index is 559. The molecule has 1 saturated heterocycles. The van der Waals surface area contributed by atoms with Crippen molar-refractivity contribution >= 4 is 17.5 Å². The molecule has 0 aliphatic carbocycles. The Balaban J connectivity index is 1.52. The van der Waals surface area contributed by atoms with E-state index in [9.17, 15) is 9.59 Å². The molecule has 1 aromatic carbocycles. The average molecular weight is 373 g/mol. The Kier molecular flexibility index (Phi) is 9.96. The second-order valence-corrected chi connectivity index (χ2v) is 7.72. The number of rotatable bonds is 14. The fraction of sp³-hybridized carbons (Fsp3) is 0.652. The minimum absolute atomic E-state index is 0.116. The van der Waals surface area contributed by atoms with E-state index in [-0.39, 0.29) is 11.8 Å². The van der Waals surface area contributed by atoms with Crippen molar-refractivity contribution in [2.24, 2.45) is 5.92 Å². The van der Waals surface area contributed by atoms with E-state index in [2.05, 4.69) is 12.3 Å². The smallest absolute Gasteiger partial charge is 0.258 e. The Hall–Kier alpha value is -1.84. The molecule has 27 heavy (non-hydrogen) atoms. The second-order valence-electron chi connectivity index (χ2n) is 7.72. The van der Waals surface area contributed by atoms with Gasteiger partial charge in [-0.15, -0.1) is 0 Å². The third-order valence-electron chi connectivity index (χ3n) is 5.42. The summed E-state index contributed by atoms with van der Waals surface area (Å²) >= 11 is 0. The van der Waals surface area contributed by atoms with Gasteiger partial charge in [0, 0.05) is 0 Å². The van der Waals surface area contributed by atoms with Gasteiger partial charge in [-0.1, -0.05) is 102 Å². The van der Waals surface area contributed by atoms with E-state index < -0.39 is 5.92 Å². The van der Waals surface area contributed by atoms with Crippen LogP contribution in [0.4, 0.5) is 5.69 Å². The average Bonchev–Trinajstić information content (AvgIpc) is 2.97. The van der Waals surface area contributed by atoms with Crippen molar-refractivity contribution in [3.05, 3.63) is 30.3 Å². The van der Waals surface area contributed by atoms with E-state index in [0.717, 1.165) is 18.5 Å². The lowest BCUT2D eigenvalue weighted by Gasteiger charge is -2.15. The molecule has 0 radical (unpaired) electrons. The first kappa shape index (κ1) is 21.5. The maximum atomic E-state index is 12.5. The third kappa shape index (κ3) is 7.36. The summed E-state index contributed by atoms with van der Waals surface area (Å²) in [6, 6.07) is 9.31. The molecule has 1 N–H and O–H groups in total. The zero-order valence-corrected chi connectivity index (χ0v) is 16.9. The van der Waals surface area contributed by atoms with Crippen molar-refractivity contribution in [3.63, 3.8) is 0 Å². The molecule has 1 unspecified atom stereocenters. The maximum Gasteiger partial charge on any atom is 0.258 e. The van der Waals surface area contributed by atoms with Crippen LogP contribution >= 0.6 is 0 Å². The van der Waals surface area contributed by atoms with E-state index in [4.69, 9.17) is 0 Å². The van der Waals surface area contributed by atoms with Crippen LogP contribution in [0.3, 0.4) is 0 Å². The number of amides is 2. The maximum absolute atomic E-state index is 12.5. The quantitative estimate of drug-likeness (QED) is 0.333. The van der Waals surface area contributed by atoms with Crippen molar-refractivity contribution in [2.45, 2.75) is 90.4 Å². The first-order chi connectivity index (χ1) is 13.2. The predicted molar refractivity (Wildman–Crippen MR) is 111 cm³/mol. The summed E-state index contributed by atoms with van der Waals surface area (Å²) in [5.41, 5.74) is 3.44. The number of hydrogen-bond donors (Lipinski definition) is 1. The molecule has 0 bridgehead atoms. The predicted octanol–water partition coefficient (Wildman–Crippen LogP) is 5.77. The number of hydrazine groups is 1. The zero-order chi connectivity index (χ0) is 19.3. The molecule has 0 saturated carbocycles. The molecule has 150 valence electrons. The van der Waals surface area contributed by atoms with E-state index in [1.54, 1.807) is 0 Å². The van der Waals surface area contributed by atoms with Gasteiger partial charge < -0.3 is 0 Å². The van der Waals surface area contributed by atoms with Crippen LogP contribution in [-0.2, 0) is 9.59 Å². The Morgan fingerprint density at radius 1 is 0.778 bits per heavy atom. The highest BCUT2D eigenvalue weighted by Gasteiger charge is 2.39. The molecule has 2 rings (SSSR count). The molecule has 1 aliphatic rings. The van der Waals surface area contributed by atoms with E-state index in [0.29, 0.717) is 6.42 Å². The van der Waals surface area contributed by atoms with Gasteiger partial charge in [0.15, 0.2) is 0 Å². The van der Waals surface area contributed by atoms with E-state index in [1.165, 1.54) is 69.2 Å². The first-order valence-electron chi connectivity index (χ1n) is 10.9. The number of carbonyl (C=O) groups is 2. The van der Waals surface area contributed by atoms with Gasteiger partial charge in [-0.2, -0.15) is 0 Å². The molecule has 1 fully saturated rings. The number of unbranched alkanes of at least 4 members (excludes halogenated alkanes) is 11. The monoisotopic (exact) mass is 372 g/mol. The largest absolute Gasteiger partial charge is 0.272 e. The molecule has 1 heterocycles. The highest BCUT2D eigenvalue weighted by atomic mass is 16.2. The van der Waals surface area contributed by atoms with Crippen LogP contribution < -0.4 is 10.4 Å². The normalized spacial score (nSPS) is 16.8. The van der Waals surface area contributed by atoms with E-state index in [1.807, 2.05) is 30.3 Å². The molecule has 1 aromatic rings. The molecular formula is C23H36N2O2. The van der Waals surface area contributed by atoms with Gasteiger partial charge in [-0.25, -0.2) is 5.01 Å². The summed E-state index contributed by atoms with van der Waals surface area (Å²) in [5.74, 6) is -0.797. The summed E-state index contributed by atoms with van der Waals surface area (Å²) in [6.45, 7) is 2.26. The minimum atomic E-state index is -0.520. The molecule has 4 heteroatoms. The van der Waals surface area contributed by atoms with Crippen LogP contribution in [0.15, 0.2) is 30.3 Å². The molecule has 2 amide bonds. The van der Waals surface area contributed by atoms with Crippen LogP contribution in [0.2, 0.25) is 0 Å². The lowest BCUT2D eigenvalue weighted by atomic mass is 9.99. The van der Waals surface area contributed by atoms with Gasteiger partial charge in [0.1, 0.15) is 5.92 Å². The fourth-order valence-corrected chi connectivity index (χ4v) is 3.72. The molecule has 0 spiro atoms. The number of nitrogens with zero attached hydrogens (tertiary/aromatic N) is 1. The van der Waals surface area contributed by atoms with Gasteiger partial charge in [0.2, 0.25) is 0 Å². The van der Waals surface area contributed by atoms with Gasteiger partial charge in [0.25, 0.3) is 11.8 Å². The minimum Gasteiger partial charge on any atom is -0.272 e. The number of para-hydroxylation sites is 1. The number of nitrogens with one attached hydrogen (secondary N) is 1. The first-order valence-corrected chi connectivity index (χ1v) is 10.9. The Labute approximate surface area is 164 Å². The van der Waals surface area contributed by atoms with Crippen molar-refractivity contribution in [1.82, 2.24) is 5.43 Å². The number of carbonyl (C=O) groups excluding carboxylic acids is 2. The number of anilines is 1. The van der Waals surface area contributed by atoms with Crippen molar-refractivity contribution in [1.29, 1.82) is 0 Å². The standard InChI is InChI=1S/C23H36N2O2/c1-2-3-4-5-6-7-8-9-10-11-12-16-19-21-22(26)24-25(23(21)27)20-17-14-13-15-18-20/h13-15,17-18,21H,2-12,16,19H2,1H3,(H,24,26). The van der Waals surface area contributed by atoms with Gasteiger partial charge in [-0.05, 0) is 18.6 Å². The summed E-state index contributed by atoms with van der Waals surface area (Å²) in [4.78, 5) is 24.6. The highest BCUT2D eigenvalue weighted by Crippen LogP contribution is 2.23. The lowest BCUT2D eigenvalue weighted by molar-refractivity contribution is -0.127. The SMILES string of the molecule is CCCCCCCCCCCCCCC1C(=O)NN(c2ccccc2)C1=O. The Morgan fingerprint density at radius 2 is 1.30 bits per heavy atom. The van der Waals surface area contributed by atoms with E-state index >= 15 is 0 Å². The topological polar surface area (TPSA) is 49.4 Å².